The third kappa shape index (κ3) is 2.52. The number of piperidine rings is 1. The predicted molar refractivity (Wildman–Crippen MR) is 67.0 cm³/mol. The average molecular weight is 287 g/mol. The molecule has 1 fully saturated rings. The fourth-order valence-electron chi connectivity index (χ4n) is 2.70. The Hall–Kier alpha value is -1.56. The molecule has 1 aromatic carbocycles. The molecule has 2 rings (SSSR count). The Morgan fingerprint density at radius 2 is 2.00 bits per heavy atom. The van der Waals surface area contributed by atoms with Gasteiger partial charge in [0.1, 0.15) is 5.54 Å². The average Bonchev–Trinajstić information content (AvgIpc) is 2.46. The molecule has 3 nitrogen and oxygen atoms in total. The Morgan fingerprint density at radius 1 is 1.30 bits per heavy atom. The summed E-state index contributed by atoms with van der Waals surface area (Å²) in [7, 11) is 1.19. The highest BCUT2D eigenvalue weighted by molar-refractivity contribution is 5.83. The van der Waals surface area contributed by atoms with E-state index in [0.717, 1.165) is 12.5 Å². The summed E-state index contributed by atoms with van der Waals surface area (Å²) >= 11 is 0. The van der Waals surface area contributed by atoms with E-state index in [1.165, 1.54) is 25.3 Å². The topological polar surface area (TPSA) is 38.3 Å². The molecule has 1 aliphatic heterocycles. The summed E-state index contributed by atoms with van der Waals surface area (Å²) < 4.78 is 44.2. The van der Waals surface area contributed by atoms with E-state index in [2.05, 4.69) is 5.32 Å². The molecule has 1 saturated heterocycles. The predicted octanol–water partition coefficient (Wildman–Crippen LogP) is 2.85. The first-order valence-electron chi connectivity index (χ1n) is 6.42. The van der Waals surface area contributed by atoms with Gasteiger partial charge >= 0.3 is 12.1 Å². The van der Waals surface area contributed by atoms with Crippen LogP contribution in [-0.4, -0.2) is 19.6 Å². The van der Waals surface area contributed by atoms with E-state index in [-0.39, 0.29) is 5.56 Å². The van der Waals surface area contributed by atoms with E-state index in [0.29, 0.717) is 19.4 Å². The maximum absolute atomic E-state index is 13.2. The lowest BCUT2D eigenvalue weighted by molar-refractivity contribution is -0.152. The van der Waals surface area contributed by atoms with Gasteiger partial charge in [0.25, 0.3) is 0 Å². The van der Waals surface area contributed by atoms with Crippen LogP contribution in [0.5, 0.6) is 0 Å². The number of benzene rings is 1. The van der Waals surface area contributed by atoms with Crippen molar-refractivity contribution in [1.29, 1.82) is 0 Å². The first kappa shape index (κ1) is 14.8. The largest absolute Gasteiger partial charge is 0.467 e. The van der Waals surface area contributed by atoms with Crippen molar-refractivity contribution in [2.75, 3.05) is 13.7 Å². The minimum atomic E-state index is -4.50. The Kier molecular flexibility index (Phi) is 4.04. The zero-order valence-corrected chi connectivity index (χ0v) is 11.1. The lowest BCUT2D eigenvalue weighted by atomic mass is 9.80. The fraction of sp³-hybridized carbons (Fsp3) is 0.500. The molecule has 110 valence electrons. The van der Waals surface area contributed by atoms with E-state index in [1.807, 2.05) is 0 Å². The van der Waals surface area contributed by atoms with Crippen LogP contribution in [0.25, 0.3) is 0 Å². The summed E-state index contributed by atoms with van der Waals surface area (Å²) in [6, 6.07) is 5.17. The van der Waals surface area contributed by atoms with E-state index in [1.54, 1.807) is 0 Å². The van der Waals surface area contributed by atoms with E-state index < -0.39 is 23.2 Å². The lowest BCUT2D eigenvalue weighted by Gasteiger charge is -2.37. The number of halogens is 3. The van der Waals surface area contributed by atoms with Gasteiger partial charge in [-0.2, -0.15) is 13.2 Å². The first-order chi connectivity index (χ1) is 9.42. The molecule has 20 heavy (non-hydrogen) atoms. The van der Waals surface area contributed by atoms with Crippen LogP contribution in [0.4, 0.5) is 13.2 Å². The SMILES string of the molecule is COC(=O)C1(c2ccccc2C(F)(F)F)CCCCN1. The van der Waals surface area contributed by atoms with Crippen molar-refractivity contribution < 1.29 is 22.7 Å². The van der Waals surface area contributed by atoms with Crippen molar-refractivity contribution in [3.63, 3.8) is 0 Å². The van der Waals surface area contributed by atoms with Gasteiger partial charge in [0.05, 0.1) is 12.7 Å². The van der Waals surface area contributed by atoms with Crippen molar-refractivity contribution in [1.82, 2.24) is 5.32 Å². The van der Waals surface area contributed by atoms with Gasteiger partial charge in [-0.25, -0.2) is 4.79 Å². The minimum Gasteiger partial charge on any atom is -0.467 e. The number of hydrogen-bond donors (Lipinski definition) is 1. The molecule has 1 aromatic rings. The van der Waals surface area contributed by atoms with Gasteiger partial charge in [0, 0.05) is 0 Å². The summed E-state index contributed by atoms with van der Waals surface area (Å²) in [5.41, 5.74) is -2.25. The van der Waals surface area contributed by atoms with Crippen LogP contribution in [-0.2, 0) is 21.2 Å². The number of carbonyl (C=O) groups is 1. The molecule has 0 radical (unpaired) electrons. The number of methoxy groups -OCH3 is 1. The fourth-order valence-corrected chi connectivity index (χ4v) is 2.70. The van der Waals surface area contributed by atoms with E-state index in [4.69, 9.17) is 4.74 Å². The van der Waals surface area contributed by atoms with Crippen LogP contribution >= 0.6 is 0 Å². The van der Waals surface area contributed by atoms with Gasteiger partial charge in [-0.05, 0) is 37.4 Å². The van der Waals surface area contributed by atoms with Crippen molar-refractivity contribution in [2.24, 2.45) is 0 Å². The molecule has 0 amide bonds. The maximum Gasteiger partial charge on any atom is 0.416 e. The second kappa shape index (κ2) is 5.44. The number of alkyl halides is 3. The Labute approximate surface area is 115 Å². The lowest BCUT2D eigenvalue weighted by Crippen LogP contribution is -2.53. The Morgan fingerprint density at radius 3 is 2.55 bits per heavy atom. The quantitative estimate of drug-likeness (QED) is 0.850. The minimum absolute atomic E-state index is 0.0564. The molecule has 0 bridgehead atoms. The monoisotopic (exact) mass is 287 g/mol. The van der Waals surface area contributed by atoms with Crippen molar-refractivity contribution >= 4 is 5.97 Å². The second-order valence-corrected chi connectivity index (χ2v) is 4.82. The molecule has 1 aliphatic rings. The highest BCUT2D eigenvalue weighted by Gasteiger charge is 2.47. The summed E-state index contributed by atoms with van der Waals surface area (Å²) in [5.74, 6) is -0.672. The van der Waals surface area contributed by atoms with Crippen LogP contribution in [0.3, 0.4) is 0 Å². The summed E-state index contributed by atoms with van der Waals surface area (Å²) in [6.07, 6.45) is -2.70. The van der Waals surface area contributed by atoms with Crippen LogP contribution < -0.4 is 5.32 Å². The van der Waals surface area contributed by atoms with Gasteiger partial charge in [-0.15, -0.1) is 0 Å². The van der Waals surface area contributed by atoms with Crippen LogP contribution in [0, 0.1) is 0 Å². The number of ether oxygens (including phenoxy) is 1. The molecule has 0 aliphatic carbocycles. The maximum atomic E-state index is 13.2. The van der Waals surface area contributed by atoms with Crippen molar-refractivity contribution in [3.8, 4) is 0 Å². The molecule has 0 spiro atoms. The molecule has 1 heterocycles. The smallest absolute Gasteiger partial charge is 0.416 e. The van der Waals surface area contributed by atoms with Crippen LogP contribution in [0.15, 0.2) is 24.3 Å². The van der Waals surface area contributed by atoms with Gasteiger partial charge < -0.3 is 4.74 Å². The molecule has 0 saturated carbocycles. The highest BCUT2D eigenvalue weighted by Crippen LogP contribution is 2.40. The molecule has 1 atom stereocenters. The highest BCUT2D eigenvalue weighted by atomic mass is 19.4. The Balaban J connectivity index is 2.58. The van der Waals surface area contributed by atoms with E-state index in [9.17, 15) is 18.0 Å². The zero-order chi connectivity index (χ0) is 14.8. The number of rotatable bonds is 2. The van der Waals surface area contributed by atoms with Crippen molar-refractivity contribution in [3.05, 3.63) is 35.4 Å². The van der Waals surface area contributed by atoms with Gasteiger partial charge in [0.15, 0.2) is 0 Å². The molecular weight excluding hydrogens is 271 g/mol. The zero-order valence-electron chi connectivity index (χ0n) is 11.1. The first-order valence-corrected chi connectivity index (χ1v) is 6.42. The number of carbonyl (C=O) groups excluding carboxylic acids is 1. The van der Waals surface area contributed by atoms with Gasteiger partial charge in [-0.1, -0.05) is 18.2 Å². The molecule has 1 unspecified atom stereocenters. The summed E-state index contributed by atoms with van der Waals surface area (Å²) in [5, 5.41) is 2.94. The molecule has 0 aromatic heterocycles. The van der Waals surface area contributed by atoms with E-state index >= 15 is 0 Å². The second-order valence-electron chi connectivity index (χ2n) is 4.82. The number of esters is 1. The third-order valence-corrected chi connectivity index (χ3v) is 3.63. The number of nitrogens with one attached hydrogen (secondary N) is 1. The molecule has 6 heteroatoms. The summed E-state index contributed by atoms with van der Waals surface area (Å²) in [6.45, 7) is 0.487. The molecule has 1 N–H and O–H groups in total. The number of hydrogen-bond acceptors (Lipinski definition) is 3. The standard InChI is InChI=1S/C14H16F3NO2/c1-20-12(19)13(8-4-5-9-18-13)10-6-2-3-7-11(10)14(15,16)17/h2-3,6-7,18H,4-5,8-9H2,1H3. The molecular formula is C14H16F3NO2. The van der Waals surface area contributed by atoms with Gasteiger partial charge in [0.2, 0.25) is 0 Å². The van der Waals surface area contributed by atoms with Crippen LogP contribution in [0.1, 0.15) is 30.4 Å². The Bertz CT molecular complexity index is 493. The van der Waals surface area contributed by atoms with Gasteiger partial charge in [-0.3, -0.25) is 5.32 Å². The normalized spacial score (nSPS) is 23.4. The van der Waals surface area contributed by atoms with Crippen molar-refractivity contribution in [2.45, 2.75) is 31.0 Å². The summed E-state index contributed by atoms with van der Waals surface area (Å²) in [4.78, 5) is 12.1. The third-order valence-electron chi connectivity index (χ3n) is 3.63. The van der Waals surface area contributed by atoms with Crippen LogP contribution in [0.2, 0.25) is 0 Å².